The molecule has 5 nitrogen and oxygen atoms in total. The number of rotatable bonds is 4. The molecule has 0 saturated heterocycles. The molecule has 5 aliphatic rings. The van der Waals surface area contributed by atoms with Crippen LogP contribution in [0.1, 0.15) is 22.3 Å². The zero-order valence-corrected chi connectivity index (χ0v) is 26.3. The Morgan fingerprint density at radius 3 is 1.49 bits per heavy atom. The highest BCUT2D eigenvalue weighted by Crippen LogP contribution is 2.40. The molecule has 49 heavy (non-hydrogen) atoms. The van der Waals surface area contributed by atoms with Gasteiger partial charge in [-0.15, -0.1) is 0 Å². The van der Waals surface area contributed by atoms with Crippen molar-refractivity contribution in [2.75, 3.05) is 0 Å². The van der Waals surface area contributed by atoms with Crippen LogP contribution in [0.3, 0.4) is 0 Å². The third-order valence-electron chi connectivity index (χ3n) is 8.92. The highest BCUT2D eigenvalue weighted by Gasteiger charge is 2.29. The predicted molar refractivity (Wildman–Crippen MR) is 201 cm³/mol. The smallest absolute Gasteiger partial charge is 0.123 e. The molecule has 0 aliphatic carbocycles. The Morgan fingerprint density at radius 1 is 0.408 bits per heavy atom. The van der Waals surface area contributed by atoms with Crippen LogP contribution >= 0.6 is 0 Å². The molecule has 9 rings (SSSR count). The second-order valence-electron chi connectivity index (χ2n) is 12.0. The number of hydrogen-bond donors (Lipinski definition) is 1. The van der Waals surface area contributed by atoms with Crippen molar-refractivity contribution in [1.29, 1.82) is 0 Å². The zero-order valence-electron chi connectivity index (χ0n) is 26.3. The summed E-state index contributed by atoms with van der Waals surface area (Å²) >= 11 is 0. The van der Waals surface area contributed by atoms with E-state index in [-0.39, 0.29) is 5.75 Å². The van der Waals surface area contributed by atoms with Crippen molar-refractivity contribution in [1.82, 2.24) is 0 Å². The van der Waals surface area contributed by atoms with Gasteiger partial charge in [0.15, 0.2) is 0 Å². The summed E-state index contributed by atoms with van der Waals surface area (Å²) < 4.78 is 0. The van der Waals surface area contributed by atoms with E-state index in [1.165, 1.54) is 0 Å². The Hall–Kier alpha value is -6.72. The molecule has 4 aromatic rings. The molecule has 1 N–H and O–H groups in total. The maximum Gasteiger partial charge on any atom is 0.123 e. The fraction of sp³-hybridized carbons (Fsp3) is 0. The second-order valence-corrected chi connectivity index (χ2v) is 12.0. The van der Waals surface area contributed by atoms with Crippen LogP contribution < -0.4 is 0 Å². The van der Waals surface area contributed by atoms with Crippen molar-refractivity contribution in [2.45, 2.75) is 0 Å². The molecule has 5 heterocycles. The average molecular weight is 629 g/mol. The Kier molecular flexibility index (Phi) is 6.87. The fourth-order valence-corrected chi connectivity index (χ4v) is 6.71. The Morgan fingerprint density at radius 2 is 0.898 bits per heavy atom. The molecule has 0 amide bonds. The Bertz CT molecular complexity index is 2440. The van der Waals surface area contributed by atoms with E-state index in [1.807, 2.05) is 97.1 Å². The first kappa shape index (κ1) is 28.5. The molecule has 4 aromatic carbocycles. The second kappa shape index (κ2) is 11.8. The fourth-order valence-electron chi connectivity index (χ4n) is 6.71. The normalized spacial score (nSPS) is 17.7. The van der Waals surface area contributed by atoms with Gasteiger partial charge in [0.25, 0.3) is 0 Å². The number of aliphatic imine (C=N–C) groups is 4. The van der Waals surface area contributed by atoms with E-state index >= 15 is 0 Å². The van der Waals surface area contributed by atoms with Crippen molar-refractivity contribution in [3.63, 3.8) is 0 Å². The van der Waals surface area contributed by atoms with E-state index in [4.69, 9.17) is 20.0 Å². The number of nitrogens with zero attached hydrogens (tertiary/aromatic N) is 4. The lowest BCUT2D eigenvalue weighted by Gasteiger charge is -2.15. The number of fused-ring (bicyclic) bond motifs is 4. The van der Waals surface area contributed by atoms with E-state index in [0.29, 0.717) is 5.56 Å². The summed E-state index contributed by atoms with van der Waals surface area (Å²) in [5.74, 6) is 0.186. The molecular weight excluding hydrogens is 601 g/mol. The third-order valence-corrected chi connectivity index (χ3v) is 8.92. The van der Waals surface area contributed by atoms with Crippen LogP contribution in [0.4, 0.5) is 0 Å². The number of para-hydroxylation sites is 1. The number of phenols is 1. The Balaban J connectivity index is 1.36. The number of phenolic OH excluding ortho intramolecular Hbond substituents is 1. The van der Waals surface area contributed by atoms with Crippen molar-refractivity contribution in [3.05, 3.63) is 209 Å². The molecule has 230 valence electrons. The van der Waals surface area contributed by atoms with Gasteiger partial charge in [-0.05, 0) is 71.4 Å². The Labute approximate surface area is 284 Å². The van der Waals surface area contributed by atoms with Crippen LogP contribution in [-0.2, 0) is 0 Å². The van der Waals surface area contributed by atoms with Crippen LogP contribution in [0.5, 0.6) is 5.75 Å². The third kappa shape index (κ3) is 5.14. The van der Waals surface area contributed by atoms with Crippen molar-refractivity contribution >= 4 is 45.1 Å². The van der Waals surface area contributed by atoms with E-state index in [0.717, 1.165) is 84.6 Å². The quantitative estimate of drug-likeness (QED) is 0.240. The maximum atomic E-state index is 11.1. The summed E-state index contributed by atoms with van der Waals surface area (Å²) in [7, 11) is 0. The molecule has 0 unspecified atom stereocenters. The molecule has 0 fully saturated rings. The van der Waals surface area contributed by atoms with Gasteiger partial charge in [0, 0.05) is 27.9 Å². The zero-order chi connectivity index (χ0) is 32.7. The van der Waals surface area contributed by atoms with Crippen LogP contribution in [0.15, 0.2) is 207 Å². The number of hydrogen-bond acceptors (Lipinski definition) is 5. The molecule has 0 radical (unpaired) electrons. The van der Waals surface area contributed by atoms with E-state index < -0.39 is 0 Å². The molecule has 8 bridgehead atoms. The lowest BCUT2D eigenvalue weighted by atomic mass is 9.90. The number of benzene rings is 4. The first-order valence-corrected chi connectivity index (χ1v) is 16.2. The molecule has 0 spiro atoms. The van der Waals surface area contributed by atoms with Crippen LogP contribution in [0.25, 0.3) is 22.3 Å². The SMILES string of the molecule is Oc1ccccc1C1=CC2=CC3=NC(=C(c4ccccc4)C4=NC(=C(c5ccccc5)C5=NC(=C(c6ccccc6)C1=N2)C=C5)C=C4)C=C3. The highest BCUT2D eigenvalue weighted by molar-refractivity contribution is 6.48. The first-order chi connectivity index (χ1) is 24.2. The lowest BCUT2D eigenvalue weighted by molar-refractivity contribution is 0.474. The molecule has 5 aliphatic heterocycles. The van der Waals surface area contributed by atoms with E-state index in [9.17, 15) is 5.11 Å². The van der Waals surface area contributed by atoms with Crippen LogP contribution in [-0.4, -0.2) is 28.0 Å². The molecular formula is C44H28N4O. The summed E-state index contributed by atoms with van der Waals surface area (Å²) in [5.41, 5.74) is 13.6. The minimum absolute atomic E-state index is 0.186. The lowest BCUT2D eigenvalue weighted by Crippen LogP contribution is -2.06. The summed E-state index contributed by atoms with van der Waals surface area (Å²) in [6.45, 7) is 0. The van der Waals surface area contributed by atoms with Gasteiger partial charge in [-0.1, -0.05) is 109 Å². The topological polar surface area (TPSA) is 69.7 Å². The molecule has 5 heteroatoms. The molecule has 0 atom stereocenters. The van der Waals surface area contributed by atoms with Crippen LogP contribution in [0.2, 0.25) is 0 Å². The highest BCUT2D eigenvalue weighted by atomic mass is 16.3. The van der Waals surface area contributed by atoms with Gasteiger partial charge < -0.3 is 5.11 Å². The molecule has 0 saturated carbocycles. The van der Waals surface area contributed by atoms with E-state index in [1.54, 1.807) is 6.07 Å². The largest absolute Gasteiger partial charge is 0.507 e. The van der Waals surface area contributed by atoms with E-state index in [2.05, 4.69) is 60.7 Å². The minimum Gasteiger partial charge on any atom is -0.507 e. The van der Waals surface area contributed by atoms with Gasteiger partial charge in [-0.25, -0.2) is 20.0 Å². The van der Waals surface area contributed by atoms with Crippen molar-refractivity contribution in [3.8, 4) is 5.75 Å². The first-order valence-electron chi connectivity index (χ1n) is 16.2. The molecule has 0 aromatic heterocycles. The average Bonchev–Trinajstić information content (AvgIpc) is 3.97. The predicted octanol–water partition coefficient (Wildman–Crippen LogP) is 9.39. The minimum atomic E-state index is 0.186. The van der Waals surface area contributed by atoms with Gasteiger partial charge in [-0.3, -0.25) is 0 Å². The number of allylic oxidation sites excluding steroid dienone is 12. The summed E-state index contributed by atoms with van der Waals surface area (Å²) in [5, 5.41) is 11.1. The standard InChI is InChI=1S/C44H28N4O/c49-40-19-11-10-18-33(40)34-27-32-26-31-20-21-35(45-31)41(28-12-4-1-5-13-28)36-22-23-37(47-36)42(29-14-6-2-7-15-29)38-24-25-39(48-38)43(44(34)46-32)30-16-8-3-9-17-30/h1-27,49H. The van der Waals surface area contributed by atoms with Crippen LogP contribution in [0, 0.1) is 0 Å². The van der Waals surface area contributed by atoms with Gasteiger partial charge in [0.2, 0.25) is 0 Å². The summed E-state index contributed by atoms with van der Waals surface area (Å²) in [6, 6.07) is 38.2. The van der Waals surface area contributed by atoms with Gasteiger partial charge >= 0.3 is 0 Å². The van der Waals surface area contributed by atoms with Crippen molar-refractivity contribution in [2.24, 2.45) is 20.0 Å². The maximum absolute atomic E-state index is 11.1. The van der Waals surface area contributed by atoms with Gasteiger partial charge in [0.1, 0.15) is 5.75 Å². The summed E-state index contributed by atoms with van der Waals surface area (Å²) in [4.78, 5) is 20.9. The van der Waals surface area contributed by atoms with Crippen molar-refractivity contribution < 1.29 is 5.11 Å². The van der Waals surface area contributed by atoms with Gasteiger partial charge in [-0.2, -0.15) is 0 Å². The number of aromatic hydroxyl groups is 1. The monoisotopic (exact) mass is 628 g/mol. The van der Waals surface area contributed by atoms with Gasteiger partial charge in [0.05, 0.1) is 45.6 Å². The summed E-state index contributed by atoms with van der Waals surface area (Å²) in [6.07, 6.45) is 16.3.